The fourth-order valence-electron chi connectivity index (χ4n) is 2.08. The van der Waals surface area contributed by atoms with Gasteiger partial charge >= 0.3 is 0 Å². The highest BCUT2D eigenvalue weighted by Crippen LogP contribution is 2.35. The smallest absolute Gasteiger partial charge is 0.143 e. The topological polar surface area (TPSA) is 29.5 Å². The van der Waals surface area contributed by atoms with E-state index in [2.05, 4.69) is 15.9 Å². The molecule has 0 spiro atoms. The van der Waals surface area contributed by atoms with Crippen molar-refractivity contribution >= 4 is 15.9 Å². The summed E-state index contributed by atoms with van der Waals surface area (Å²) in [5.41, 5.74) is -0.540. The SMILES string of the molecule is OCC1(Cc2c(F)ccc(Br)c2F)CCOC1. The Morgan fingerprint density at radius 1 is 1.41 bits per heavy atom. The minimum Gasteiger partial charge on any atom is -0.396 e. The third-order valence-electron chi connectivity index (χ3n) is 3.21. The predicted octanol–water partition coefficient (Wildman–Crippen LogP) is 2.67. The van der Waals surface area contributed by atoms with Crippen LogP contribution in [0.5, 0.6) is 0 Å². The van der Waals surface area contributed by atoms with Crippen molar-refractivity contribution in [3.8, 4) is 0 Å². The van der Waals surface area contributed by atoms with Gasteiger partial charge in [0.2, 0.25) is 0 Å². The number of ether oxygens (including phenoxy) is 1. The molecular formula is C12H13BrF2O2. The largest absolute Gasteiger partial charge is 0.396 e. The number of hydrogen-bond donors (Lipinski definition) is 1. The van der Waals surface area contributed by atoms with Gasteiger partial charge in [-0.1, -0.05) is 0 Å². The highest BCUT2D eigenvalue weighted by atomic mass is 79.9. The number of hydrogen-bond acceptors (Lipinski definition) is 2. The Morgan fingerprint density at radius 3 is 2.76 bits per heavy atom. The number of aliphatic hydroxyl groups excluding tert-OH is 1. The van der Waals surface area contributed by atoms with Crippen LogP contribution >= 0.6 is 15.9 Å². The van der Waals surface area contributed by atoms with Gasteiger partial charge in [0.15, 0.2) is 0 Å². The molecule has 1 N–H and O–H groups in total. The Hall–Kier alpha value is -0.520. The maximum atomic E-state index is 13.8. The first kappa shape index (κ1) is 12.9. The van der Waals surface area contributed by atoms with Gasteiger partial charge in [-0.3, -0.25) is 0 Å². The van der Waals surface area contributed by atoms with Gasteiger partial charge in [0.05, 0.1) is 17.7 Å². The molecule has 0 saturated carbocycles. The first-order valence-corrected chi connectivity index (χ1v) is 6.18. The second-order valence-electron chi connectivity index (χ2n) is 4.46. The minimum absolute atomic E-state index is 0.0129. The van der Waals surface area contributed by atoms with E-state index >= 15 is 0 Å². The Kier molecular flexibility index (Phi) is 3.80. The maximum absolute atomic E-state index is 13.8. The van der Waals surface area contributed by atoms with Crippen LogP contribution in [0.25, 0.3) is 0 Å². The van der Waals surface area contributed by atoms with E-state index in [1.54, 1.807) is 0 Å². The Balaban J connectivity index is 2.32. The van der Waals surface area contributed by atoms with Crippen molar-refractivity contribution in [2.75, 3.05) is 19.8 Å². The van der Waals surface area contributed by atoms with Gasteiger partial charge < -0.3 is 9.84 Å². The van der Waals surface area contributed by atoms with Crippen molar-refractivity contribution in [1.29, 1.82) is 0 Å². The van der Waals surface area contributed by atoms with E-state index in [0.717, 1.165) is 0 Å². The molecule has 0 bridgehead atoms. The molecule has 17 heavy (non-hydrogen) atoms. The fraction of sp³-hybridized carbons (Fsp3) is 0.500. The lowest BCUT2D eigenvalue weighted by Gasteiger charge is -2.25. The molecule has 0 radical (unpaired) electrons. The Bertz CT molecular complexity index is 417. The van der Waals surface area contributed by atoms with E-state index in [-0.39, 0.29) is 23.1 Å². The minimum atomic E-state index is -0.593. The fourth-order valence-corrected chi connectivity index (χ4v) is 2.45. The molecule has 0 aromatic heterocycles. The first-order valence-electron chi connectivity index (χ1n) is 5.39. The lowest BCUT2D eigenvalue weighted by atomic mass is 9.81. The summed E-state index contributed by atoms with van der Waals surface area (Å²) in [6.07, 6.45) is 0.773. The molecule has 0 amide bonds. The summed E-state index contributed by atoms with van der Waals surface area (Å²) in [6.45, 7) is 0.741. The third-order valence-corrected chi connectivity index (χ3v) is 3.82. The molecule has 2 rings (SSSR count). The van der Waals surface area contributed by atoms with Gasteiger partial charge in [0.1, 0.15) is 11.6 Å². The number of halogens is 3. The van der Waals surface area contributed by atoms with E-state index in [1.165, 1.54) is 12.1 Å². The zero-order valence-corrected chi connectivity index (χ0v) is 10.8. The zero-order chi connectivity index (χ0) is 12.5. The van der Waals surface area contributed by atoms with Crippen LogP contribution < -0.4 is 0 Å². The molecule has 1 atom stereocenters. The summed E-state index contributed by atoms with van der Waals surface area (Å²) in [5.74, 6) is -1.17. The molecule has 5 heteroatoms. The van der Waals surface area contributed by atoms with Crippen molar-refractivity contribution in [3.05, 3.63) is 33.8 Å². The van der Waals surface area contributed by atoms with Gasteiger partial charge in [-0.05, 0) is 40.9 Å². The van der Waals surface area contributed by atoms with Crippen LogP contribution in [0, 0.1) is 17.0 Å². The molecule has 1 saturated heterocycles. The van der Waals surface area contributed by atoms with Crippen molar-refractivity contribution in [2.24, 2.45) is 5.41 Å². The van der Waals surface area contributed by atoms with Crippen LogP contribution in [0.15, 0.2) is 16.6 Å². The monoisotopic (exact) mass is 306 g/mol. The van der Waals surface area contributed by atoms with E-state index in [0.29, 0.717) is 19.6 Å². The van der Waals surface area contributed by atoms with E-state index in [1.807, 2.05) is 0 Å². The maximum Gasteiger partial charge on any atom is 0.143 e. The average molecular weight is 307 g/mol. The van der Waals surface area contributed by atoms with Gasteiger partial charge in [-0.15, -0.1) is 0 Å². The lowest BCUT2D eigenvalue weighted by molar-refractivity contribution is 0.0921. The number of aliphatic hydroxyl groups is 1. The number of rotatable bonds is 3. The van der Waals surface area contributed by atoms with E-state index in [9.17, 15) is 13.9 Å². The molecule has 1 aromatic rings. The molecule has 2 nitrogen and oxygen atoms in total. The van der Waals surface area contributed by atoms with Crippen molar-refractivity contribution < 1.29 is 18.6 Å². The van der Waals surface area contributed by atoms with Crippen molar-refractivity contribution in [1.82, 2.24) is 0 Å². The van der Waals surface area contributed by atoms with Crippen LogP contribution in [-0.2, 0) is 11.2 Å². The molecule has 94 valence electrons. The molecule has 1 aliphatic heterocycles. The quantitative estimate of drug-likeness (QED) is 0.870. The van der Waals surface area contributed by atoms with Crippen LogP contribution in [0.4, 0.5) is 8.78 Å². The molecule has 1 aromatic carbocycles. The van der Waals surface area contributed by atoms with Crippen LogP contribution in [-0.4, -0.2) is 24.9 Å². The van der Waals surface area contributed by atoms with Gasteiger partial charge in [-0.2, -0.15) is 0 Å². The molecule has 1 unspecified atom stereocenters. The second kappa shape index (κ2) is 5.00. The summed E-state index contributed by atoms with van der Waals surface area (Å²) in [7, 11) is 0. The predicted molar refractivity (Wildman–Crippen MR) is 62.7 cm³/mol. The average Bonchev–Trinajstić information content (AvgIpc) is 2.79. The second-order valence-corrected chi connectivity index (χ2v) is 5.31. The molecule has 1 aliphatic rings. The highest BCUT2D eigenvalue weighted by molar-refractivity contribution is 9.10. The zero-order valence-electron chi connectivity index (χ0n) is 9.18. The first-order chi connectivity index (χ1) is 8.08. The normalized spacial score (nSPS) is 24.2. The summed E-state index contributed by atoms with van der Waals surface area (Å²) in [6, 6.07) is 2.56. The molecular weight excluding hydrogens is 294 g/mol. The standard InChI is InChI=1S/C12H13BrF2O2/c13-9-1-2-10(14)8(11(9)15)5-12(6-16)3-4-17-7-12/h1-2,16H,3-7H2. The Labute approximate surface area is 107 Å². The van der Waals surface area contributed by atoms with Crippen LogP contribution in [0.1, 0.15) is 12.0 Å². The Morgan fingerprint density at radius 2 is 2.18 bits per heavy atom. The number of benzene rings is 1. The highest BCUT2D eigenvalue weighted by Gasteiger charge is 2.36. The summed E-state index contributed by atoms with van der Waals surface area (Å²) in [5, 5.41) is 9.39. The summed E-state index contributed by atoms with van der Waals surface area (Å²) < 4.78 is 32.9. The summed E-state index contributed by atoms with van der Waals surface area (Å²) in [4.78, 5) is 0. The van der Waals surface area contributed by atoms with E-state index < -0.39 is 17.0 Å². The van der Waals surface area contributed by atoms with Crippen LogP contribution in [0.2, 0.25) is 0 Å². The van der Waals surface area contributed by atoms with Crippen molar-refractivity contribution in [3.63, 3.8) is 0 Å². The molecule has 1 heterocycles. The van der Waals surface area contributed by atoms with Crippen LogP contribution in [0.3, 0.4) is 0 Å². The molecule has 1 fully saturated rings. The van der Waals surface area contributed by atoms with Gasteiger partial charge in [-0.25, -0.2) is 8.78 Å². The van der Waals surface area contributed by atoms with Crippen molar-refractivity contribution in [2.45, 2.75) is 12.8 Å². The molecule has 0 aliphatic carbocycles. The van der Waals surface area contributed by atoms with E-state index in [4.69, 9.17) is 4.74 Å². The van der Waals surface area contributed by atoms with Gasteiger partial charge in [0, 0.05) is 17.6 Å². The summed E-state index contributed by atoms with van der Waals surface area (Å²) >= 11 is 3.03. The third kappa shape index (κ3) is 2.51. The lowest BCUT2D eigenvalue weighted by Crippen LogP contribution is -2.29. The van der Waals surface area contributed by atoms with Gasteiger partial charge in [0.25, 0.3) is 0 Å².